The average molecular weight is 313 g/mol. The number of nitrogens with two attached hydrogens (primary N) is 1. The van der Waals surface area contributed by atoms with Crippen LogP contribution in [0.1, 0.15) is 5.56 Å². The highest BCUT2D eigenvalue weighted by atomic mass is 35.5. The van der Waals surface area contributed by atoms with Crippen molar-refractivity contribution >= 4 is 34.6 Å². The molecule has 2 rings (SSSR count). The highest BCUT2D eigenvalue weighted by Gasteiger charge is 2.15. The van der Waals surface area contributed by atoms with Crippen LogP contribution in [0, 0.1) is 10.1 Å². The number of hydrogen-bond donors (Lipinski definition) is 1. The lowest BCUT2D eigenvalue weighted by Gasteiger charge is -2.11. The summed E-state index contributed by atoms with van der Waals surface area (Å²) in [6.45, 7) is 0.0387. The van der Waals surface area contributed by atoms with Gasteiger partial charge >= 0.3 is 0 Å². The summed E-state index contributed by atoms with van der Waals surface area (Å²) in [6.07, 6.45) is 0. The van der Waals surface area contributed by atoms with E-state index in [-0.39, 0.29) is 18.0 Å². The van der Waals surface area contributed by atoms with E-state index in [0.29, 0.717) is 21.4 Å². The van der Waals surface area contributed by atoms with Gasteiger partial charge in [0.05, 0.1) is 15.0 Å². The van der Waals surface area contributed by atoms with Gasteiger partial charge in [-0.15, -0.1) is 0 Å². The standard InChI is InChI=1S/C13H10Cl2N2O3/c14-9-4-2-5-10(15)13(9)20-7-8-3-1-6-11(12(8)16)17(18)19/h1-6H,7,16H2. The normalized spacial score (nSPS) is 10.3. The number of halogens is 2. The van der Waals surface area contributed by atoms with Crippen LogP contribution in [0.3, 0.4) is 0 Å². The summed E-state index contributed by atoms with van der Waals surface area (Å²) in [5, 5.41) is 11.5. The first kappa shape index (κ1) is 14.4. The zero-order chi connectivity index (χ0) is 14.7. The molecule has 20 heavy (non-hydrogen) atoms. The maximum absolute atomic E-state index is 10.8. The first-order valence-corrected chi connectivity index (χ1v) is 6.35. The number of ether oxygens (including phenoxy) is 1. The molecular weight excluding hydrogens is 303 g/mol. The van der Waals surface area contributed by atoms with E-state index in [2.05, 4.69) is 0 Å². The Balaban J connectivity index is 2.24. The zero-order valence-corrected chi connectivity index (χ0v) is 11.7. The molecule has 0 heterocycles. The van der Waals surface area contributed by atoms with Crippen molar-refractivity contribution in [3.8, 4) is 5.75 Å². The summed E-state index contributed by atoms with van der Waals surface area (Å²) in [7, 11) is 0. The Bertz CT molecular complexity index is 642. The molecule has 104 valence electrons. The van der Waals surface area contributed by atoms with Gasteiger partial charge in [-0.3, -0.25) is 10.1 Å². The molecule has 0 aliphatic carbocycles. The first-order valence-electron chi connectivity index (χ1n) is 5.59. The molecule has 0 bridgehead atoms. The molecule has 2 aromatic rings. The van der Waals surface area contributed by atoms with Gasteiger partial charge in [0, 0.05) is 11.6 Å². The van der Waals surface area contributed by atoms with E-state index in [1.165, 1.54) is 6.07 Å². The van der Waals surface area contributed by atoms with Crippen molar-refractivity contribution in [2.24, 2.45) is 0 Å². The molecule has 0 amide bonds. The molecular formula is C13H10Cl2N2O3. The number of para-hydroxylation sites is 2. The Morgan fingerprint density at radius 2 is 1.75 bits per heavy atom. The SMILES string of the molecule is Nc1c(COc2c(Cl)cccc2Cl)cccc1[N+](=O)[O-]. The second-order valence-corrected chi connectivity index (χ2v) is 4.76. The van der Waals surface area contributed by atoms with Crippen molar-refractivity contribution in [2.45, 2.75) is 6.61 Å². The lowest BCUT2D eigenvalue weighted by Crippen LogP contribution is -2.04. The Hall–Kier alpha value is -1.98. The molecule has 0 saturated heterocycles. The van der Waals surface area contributed by atoms with E-state index < -0.39 is 4.92 Å². The number of nitro benzene ring substituents is 1. The molecule has 0 radical (unpaired) electrons. The molecule has 0 saturated carbocycles. The fourth-order valence-corrected chi connectivity index (χ4v) is 2.16. The van der Waals surface area contributed by atoms with Crippen molar-refractivity contribution in [1.29, 1.82) is 0 Å². The van der Waals surface area contributed by atoms with Crippen molar-refractivity contribution in [3.05, 3.63) is 62.1 Å². The molecule has 0 spiro atoms. The third-order valence-electron chi connectivity index (χ3n) is 2.66. The minimum atomic E-state index is -0.540. The van der Waals surface area contributed by atoms with Gasteiger partial charge < -0.3 is 10.5 Å². The molecule has 7 heteroatoms. The molecule has 0 fully saturated rings. The smallest absolute Gasteiger partial charge is 0.292 e. The molecule has 0 aromatic heterocycles. The number of hydrogen-bond acceptors (Lipinski definition) is 4. The summed E-state index contributed by atoms with van der Waals surface area (Å²) in [4.78, 5) is 10.3. The third kappa shape index (κ3) is 2.95. The van der Waals surface area contributed by atoms with Gasteiger partial charge in [-0.1, -0.05) is 41.4 Å². The maximum Gasteiger partial charge on any atom is 0.292 e. The van der Waals surface area contributed by atoms with Crippen LogP contribution in [-0.4, -0.2) is 4.92 Å². The van der Waals surface area contributed by atoms with E-state index in [0.717, 1.165) is 0 Å². The maximum atomic E-state index is 10.8. The Morgan fingerprint density at radius 1 is 1.15 bits per heavy atom. The summed E-state index contributed by atoms with van der Waals surface area (Å²) in [5.74, 6) is 0.321. The fourth-order valence-electron chi connectivity index (χ4n) is 1.65. The third-order valence-corrected chi connectivity index (χ3v) is 3.26. The second kappa shape index (κ2) is 5.98. The summed E-state index contributed by atoms with van der Waals surface area (Å²) >= 11 is 11.9. The Labute approximate surface area is 125 Å². The zero-order valence-electron chi connectivity index (χ0n) is 10.2. The lowest BCUT2D eigenvalue weighted by molar-refractivity contribution is -0.384. The van der Waals surface area contributed by atoms with Crippen LogP contribution in [0.2, 0.25) is 10.0 Å². The van der Waals surface area contributed by atoms with E-state index >= 15 is 0 Å². The summed E-state index contributed by atoms with van der Waals surface area (Å²) in [6, 6.07) is 9.49. The van der Waals surface area contributed by atoms with Crippen molar-refractivity contribution in [2.75, 3.05) is 5.73 Å². The van der Waals surface area contributed by atoms with Crippen LogP contribution in [-0.2, 0) is 6.61 Å². The van der Waals surface area contributed by atoms with Gasteiger partial charge in [-0.2, -0.15) is 0 Å². The van der Waals surface area contributed by atoms with Crippen LogP contribution in [0.4, 0.5) is 11.4 Å². The predicted octanol–water partition coefficient (Wildman–Crippen LogP) is 4.06. The highest BCUT2D eigenvalue weighted by molar-refractivity contribution is 6.37. The highest BCUT2D eigenvalue weighted by Crippen LogP contribution is 2.34. The van der Waals surface area contributed by atoms with E-state index in [1.54, 1.807) is 30.3 Å². The molecule has 2 N–H and O–H groups in total. The van der Waals surface area contributed by atoms with Gasteiger partial charge in [-0.05, 0) is 12.1 Å². The number of benzene rings is 2. The monoisotopic (exact) mass is 312 g/mol. The molecule has 0 aliphatic heterocycles. The van der Waals surface area contributed by atoms with Gasteiger partial charge in [0.2, 0.25) is 0 Å². The Kier molecular flexibility index (Phi) is 4.32. The minimum Gasteiger partial charge on any atom is -0.486 e. The number of nitro groups is 1. The van der Waals surface area contributed by atoms with E-state index in [9.17, 15) is 10.1 Å². The van der Waals surface area contributed by atoms with Gasteiger partial charge in [0.15, 0.2) is 5.75 Å². The lowest BCUT2D eigenvalue weighted by atomic mass is 10.1. The number of anilines is 1. The number of nitrogens with zero attached hydrogens (tertiary/aromatic N) is 1. The average Bonchev–Trinajstić information content (AvgIpc) is 2.39. The topological polar surface area (TPSA) is 78.4 Å². The van der Waals surface area contributed by atoms with Crippen molar-refractivity contribution in [1.82, 2.24) is 0 Å². The molecule has 0 unspecified atom stereocenters. The molecule has 0 atom stereocenters. The number of rotatable bonds is 4. The molecule has 0 aliphatic rings. The Morgan fingerprint density at radius 3 is 2.35 bits per heavy atom. The van der Waals surface area contributed by atoms with E-state index in [4.69, 9.17) is 33.7 Å². The molecule has 5 nitrogen and oxygen atoms in total. The fraction of sp³-hybridized carbons (Fsp3) is 0.0769. The van der Waals surface area contributed by atoms with Gasteiger partial charge in [0.25, 0.3) is 5.69 Å². The van der Waals surface area contributed by atoms with Crippen LogP contribution in [0.15, 0.2) is 36.4 Å². The van der Waals surface area contributed by atoms with Gasteiger partial charge in [0.1, 0.15) is 12.3 Å². The van der Waals surface area contributed by atoms with Crippen molar-refractivity contribution < 1.29 is 9.66 Å². The summed E-state index contributed by atoms with van der Waals surface area (Å²) < 4.78 is 5.50. The van der Waals surface area contributed by atoms with Crippen molar-refractivity contribution in [3.63, 3.8) is 0 Å². The van der Waals surface area contributed by atoms with Crippen LogP contribution in [0.25, 0.3) is 0 Å². The predicted molar refractivity (Wildman–Crippen MR) is 78.3 cm³/mol. The van der Waals surface area contributed by atoms with Crippen LogP contribution in [0.5, 0.6) is 5.75 Å². The first-order chi connectivity index (χ1) is 9.50. The number of nitrogen functional groups attached to an aromatic ring is 1. The van der Waals surface area contributed by atoms with E-state index in [1.807, 2.05) is 0 Å². The van der Waals surface area contributed by atoms with Gasteiger partial charge in [-0.25, -0.2) is 0 Å². The minimum absolute atomic E-state index is 0.0387. The molecule has 2 aromatic carbocycles. The van der Waals surface area contributed by atoms with Crippen LogP contribution < -0.4 is 10.5 Å². The second-order valence-electron chi connectivity index (χ2n) is 3.95. The largest absolute Gasteiger partial charge is 0.486 e. The van der Waals surface area contributed by atoms with Crippen LogP contribution >= 0.6 is 23.2 Å². The summed E-state index contributed by atoms with van der Waals surface area (Å²) in [5.41, 5.74) is 6.15. The quantitative estimate of drug-likeness (QED) is 0.524.